The van der Waals surface area contributed by atoms with Crippen LogP contribution in [0.25, 0.3) is 0 Å². The minimum absolute atomic E-state index is 0.0515. The zero-order valence-corrected chi connectivity index (χ0v) is 8.17. The number of alkyl halides is 1. The van der Waals surface area contributed by atoms with Crippen molar-refractivity contribution in [3.05, 3.63) is 29.6 Å². The first-order chi connectivity index (χ1) is 6.20. The Kier molecular flexibility index (Phi) is 2.07. The summed E-state index contributed by atoms with van der Waals surface area (Å²) in [6, 6.07) is 4.37. The van der Waals surface area contributed by atoms with Gasteiger partial charge in [0.05, 0.1) is 5.56 Å². The molecule has 1 atom stereocenters. The van der Waals surface area contributed by atoms with Crippen LogP contribution in [-0.2, 0) is 0 Å². The fourth-order valence-electron chi connectivity index (χ4n) is 1.26. The Morgan fingerprint density at radius 1 is 1.54 bits per heavy atom. The number of fused-ring (bicyclic) bond motifs is 1. The fourth-order valence-corrected chi connectivity index (χ4v) is 1.62. The maximum absolute atomic E-state index is 13.2. The van der Waals surface area contributed by atoms with Crippen molar-refractivity contribution >= 4 is 21.7 Å². The predicted molar refractivity (Wildman–Crippen MR) is 48.9 cm³/mol. The van der Waals surface area contributed by atoms with Crippen LogP contribution in [0.1, 0.15) is 10.4 Å². The van der Waals surface area contributed by atoms with Crippen LogP contribution in [0.15, 0.2) is 18.2 Å². The SMILES string of the molecule is O=C1c2c(F)cccc2OCC1Br. The van der Waals surface area contributed by atoms with Crippen molar-refractivity contribution < 1.29 is 13.9 Å². The molecular weight excluding hydrogens is 239 g/mol. The quantitative estimate of drug-likeness (QED) is 0.654. The smallest absolute Gasteiger partial charge is 0.186 e. The summed E-state index contributed by atoms with van der Waals surface area (Å²) in [6.07, 6.45) is 0. The number of halogens is 2. The van der Waals surface area contributed by atoms with Gasteiger partial charge in [-0.15, -0.1) is 0 Å². The molecule has 1 aromatic rings. The van der Waals surface area contributed by atoms with Crippen LogP contribution in [0.3, 0.4) is 0 Å². The lowest BCUT2D eigenvalue weighted by atomic mass is 10.0. The molecule has 0 aliphatic carbocycles. The molecule has 2 nitrogen and oxygen atoms in total. The normalized spacial score (nSPS) is 20.8. The Morgan fingerprint density at radius 2 is 2.31 bits per heavy atom. The lowest BCUT2D eigenvalue weighted by molar-refractivity contribution is 0.0941. The summed E-state index contributed by atoms with van der Waals surface area (Å²) in [7, 11) is 0. The maximum Gasteiger partial charge on any atom is 0.186 e. The molecule has 13 heavy (non-hydrogen) atoms. The van der Waals surface area contributed by atoms with E-state index in [0.717, 1.165) is 0 Å². The fraction of sp³-hybridized carbons (Fsp3) is 0.222. The standard InChI is InChI=1S/C9H6BrFO2/c10-5-4-13-7-3-1-2-6(11)8(7)9(5)12/h1-3,5H,4H2. The predicted octanol–water partition coefficient (Wildman–Crippen LogP) is 2.16. The number of hydrogen-bond acceptors (Lipinski definition) is 2. The third kappa shape index (κ3) is 1.35. The Balaban J connectivity index is 2.57. The van der Waals surface area contributed by atoms with Crippen LogP contribution in [0.5, 0.6) is 5.75 Å². The van der Waals surface area contributed by atoms with Gasteiger partial charge in [-0.3, -0.25) is 4.79 Å². The van der Waals surface area contributed by atoms with Crippen LogP contribution in [0.4, 0.5) is 4.39 Å². The van der Waals surface area contributed by atoms with Crippen LogP contribution >= 0.6 is 15.9 Å². The lowest BCUT2D eigenvalue weighted by Gasteiger charge is -2.20. The number of benzene rings is 1. The van der Waals surface area contributed by atoms with E-state index < -0.39 is 10.6 Å². The first kappa shape index (κ1) is 8.69. The molecule has 68 valence electrons. The van der Waals surface area contributed by atoms with Gasteiger partial charge < -0.3 is 4.74 Å². The highest BCUT2D eigenvalue weighted by atomic mass is 79.9. The Morgan fingerprint density at radius 3 is 3.08 bits per heavy atom. The van der Waals surface area contributed by atoms with Gasteiger partial charge in [0.15, 0.2) is 5.78 Å². The largest absolute Gasteiger partial charge is 0.491 e. The van der Waals surface area contributed by atoms with E-state index in [4.69, 9.17) is 4.74 Å². The molecule has 1 unspecified atom stereocenters. The maximum atomic E-state index is 13.2. The van der Waals surface area contributed by atoms with Crippen molar-refractivity contribution in [1.82, 2.24) is 0 Å². The highest BCUT2D eigenvalue weighted by molar-refractivity contribution is 9.10. The average Bonchev–Trinajstić information content (AvgIpc) is 2.12. The van der Waals surface area contributed by atoms with E-state index in [0.29, 0.717) is 5.75 Å². The van der Waals surface area contributed by atoms with E-state index in [9.17, 15) is 9.18 Å². The molecule has 0 saturated heterocycles. The van der Waals surface area contributed by atoms with Crippen molar-refractivity contribution in [3.8, 4) is 5.75 Å². The van der Waals surface area contributed by atoms with E-state index in [2.05, 4.69) is 15.9 Å². The van der Waals surface area contributed by atoms with Gasteiger partial charge in [0.25, 0.3) is 0 Å². The van der Waals surface area contributed by atoms with Crippen molar-refractivity contribution in [2.75, 3.05) is 6.61 Å². The molecule has 0 N–H and O–H groups in total. The number of Topliss-reactive ketones (excluding diaryl/α,β-unsaturated/α-hetero) is 1. The van der Waals surface area contributed by atoms with Crippen LogP contribution in [0.2, 0.25) is 0 Å². The molecule has 4 heteroatoms. The van der Waals surface area contributed by atoms with Crippen molar-refractivity contribution in [3.63, 3.8) is 0 Å². The van der Waals surface area contributed by atoms with Gasteiger partial charge in [-0.25, -0.2) is 4.39 Å². The summed E-state index contributed by atoms with van der Waals surface area (Å²) in [6.45, 7) is 0.259. The summed E-state index contributed by atoms with van der Waals surface area (Å²) in [5, 5.41) is 0. The third-order valence-electron chi connectivity index (χ3n) is 1.89. The van der Waals surface area contributed by atoms with Gasteiger partial charge in [0.2, 0.25) is 0 Å². The second-order valence-corrected chi connectivity index (χ2v) is 3.86. The number of rotatable bonds is 0. The van der Waals surface area contributed by atoms with E-state index in [1.165, 1.54) is 12.1 Å². The Hall–Kier alpha value is -0.900. The van der Waals surface area contributed by atoms with Crippen molar-refractivity contribution in [2.24, 2.45) is 0 Å². The lowest BCUT2D eigenvalue weighted by Crippen LogP contribution is -2.28. The van der Waals surface area contributed by atoms with E-state index in [1.54, 1.807) is 6.07 Å². The van der Waals surface area contributed by atoms with E-state index >= 15 is 0 Å². The second kappa shape index (κ2) is 3.10. The zero-order valence-electron chi connectivity index (χ0n) is 6.59. The van der Waals surface area contributed by atoms with Crippen molar-refractivity contribution in [2.45, 2.75) is 4.83 Å². The summed E-state index contributed by atoms with van der Waals surface area (Å²) >= 11 is 3.12. The minimum atomic E-state index is -0.522. The van der Waals surface area contributed by atoms with E-state index in [1.807, 2.05) is 0 Å². The van der Waals surface area contributed by atoms with Gasteiger partial charge in [0, 0.05) is 0 Å². The van der Waals surface area contributed by atoms with Crippen molar-refractivity contribution in [1.29, 1.82) is 0 Å². The highest BCUT2D eigenvalue weighted by Gasteiger charge is 2.29. The highest BCUT2D eigenvalue weighted by Crippen LogP contribution is 2.29. The third-order valence-corrected chi connectivity index (χ3v) is 2.57. The summed E-state index contributed by atoms with van der Waals surface area (Å²) < 4.78 is 18.4. The molecule has 2 rings (SSSR count). The number of hydrogen-bond donors (Lipinski definition) is 0. The number of ketones is 1. The van der Waals surface area contributed by atoms with Gasteiger partial charge >= 0.3 is 0 Å². The molecule has 0 aromatic heterocycles. The first-order valence-electron chi connectivity index (χ1n) is 3.80. The van der Waals surface area contributed by atoms with E-state index in [-0.39, 0.29) is 18.0 Å². The first-order valence-corrected chi connectivity index (χ1v) is 4.71. The summed E-state index contributed by atoms with van der Waals surface area (Å²) in [4.78, 5) is 11.0. The summed E-state index contributed by atoms with van der Waals surface area (Å²) in [5.41, 5.74) is 0.0515. The van der Waals surface area contributed by atoms with Gasteiger partial charge in [-0.1, -0.05) is 22.0 Å². The molecular formula is C9H6BrFO2. The molecule has 0 bridgehead atoms. The molecule has 0 saturated carbocycles. The van der Waals surface area contributed by atoms with Crippen LogP contribution in [-0.4, -0.2) is 17.2 Å². The van der Waals surface area contributed by atoms with Crippen LogP contribution in [0, 0.1) is 5.82 Å². The average molecular weight is 245 g/mol. The topological polar surface area (TPSA) is 26.3 Å². The van der Waals surface area contributed by atoms with Gasteiger partial charge in [-0.05, 0) is 12.1 Å². The van der Waals surface area contributed by atoms with Gasteiger partial charge in [0.1, 0.15) is 23.0 Å². The molecule has 1 aliphatic heterocycles. The molecule has 0 fully saturated rings. The molecule has 0 spiro atoms. The second-order valence-electron chi connectivity index (χ2n) is 2.76. The molecule has 1 aromatic carbocycles. The van der Waals surface area contributed by atoms with Gasteiger partial charge in [-0.2, -0.15) is 0 Å². The monoisotopic (exact) mass is 244 g/mol. The Labute approximate surface area is 82.8 Å². The molecule has 1 aliphatic rings. The molecule has 0 amide bonds. The number of carbonyl (C=O) groups is 1. The molecule has 0 radical (unpaired) electrons. The summed E-state index contributed by atoms with van der Waals surface area (Å²) in [5.74, 6) is -0.438. The molecule has 1 heterocycles. The zero-order chi connectivity index (χ0) is 9.42. The number of ether oxygens (including phenoxy) is 1. The number of carbonyl (C=O) groups excluding carboxylic acids is 1. The van der Waals surface area contributed by atoms with Crippen LogP contribution < -0.4 is 4.74 Å². The Bertz CT molecular complexity index is 365. The minimum Gasteiger partial charge on any atom is -0.491 e.